The van der Waals surface area contributed by atoms with E-state index >= 15 is 0 Å². The Morgan fingerprint density at radius 1 is 1.38 bits per heavy atom. The molecule has 0 fully saturated rings. The topological polar surface area (TPSA) is 99.3 Å². The number of benzene rings is 1. The number of aromatic nitrogens is 2. The van der Waals surface area contributed by atoms with Crippen LogP contribution in [0.2, 0.25) is 0 Å². The summed E-state index contributed by atoms with van der Waals surface area (Å²) in [7, 11) is 0. The molecule has 1 aromatic carbocycles. The maximum Gasteiger partial charge on any atom is 0.312 e. The van der Waals surface area contributed by atoms with Crippen molar-refractivity contribution in [2.24, 2.45) is 0 Å². The minimum absolute atomic E-state index is 0.0465. The van der Waals surface area contributed by atoms with E-state index in [1.165, 1.54) is 4.68 Å². The van der Waals surface area contributed by atoms with Crippen LogP contribution in [0.25, 0.3) is 0 Å². The van der Waals surface area contributed by atoms with E-state index < -0.39 is 4.92 Å². The van der Waals surface area contributed by atoms with Crippen molar-refractivity contribution in [2.75, 3.05) is 6.61 Å². The average Bonchev–Trinajstić information content (AvgIpc) is 2.87. The van der Waals surface area contributed by atoms with Crippen LogP contribution in [-0.2, 0) is 17.9 Å². The highest BCUT2D eigenvalue weighted by Crippen LogP contribution is 2.21. The molecule has 2 aromatic rings. The Kier molecular flexibility index (Phi) is 6.71. The van der Waals surface area contributed by atoms with Gasteiger partial charge in [-0.15, -0.1) is 0 Å². The smallest absolute Gasteiger partial charge is 0.312 e. The van der Waals surface area contributed by atoms with Crippen molar-refractivity contribution >= 4 is 11.6 Å². The molecule has 0 radical (unpaired) electrons. The quantitative estimate of drug-likeness (QED) is 0.421. The molecule has 1 N–H and O–H groups in total. The van der Waals surface area contributed by atoms with E-state index in [4.69, 9.17) is 4.74 Å². The van der Waals surface area contributed by atoms with Gasteiger partial charge in [-0.2, -0.15) is 5.10 Å². The Morgan fingerprint density at radius 3 is 2.81 bits per heavy atom. The van der Waals surface area contributed by atoms with E-state index in [9.17, 15) is 14.9 Å². The van der Waals surface area contributed by atoms with Crippen LogP contribution in [0.1, 0.15) is 36.7 Å². The van der Waals surface area contributed by atoms with Crippen molar-refractivity contribution in [1.29, 1.82) is 0 Å². The van der Waals surface area contributed by atoms with Gasteiger partial charge in [0.15, 0.2) is 0 Å². The normalized spacial score (nSPS) is 10.6. The molecule has 1 amide bonds. The molecule has 0 spiro atoms. The fourth-order valence-corrected chi connectivity index (χ4v) is 2.58. The predicted molar refractivity (Wildman–Crippen MR) is 97.0 cm³/mol. The van der Waals surface area contributed by atoms with Crippen LogP contribution in [0.5, 0.6) is 5.75 Å². The molecule has 1 heterocycles. The van der Waals surface area contributed by atoms with Crippen LogP contribution >= 0.6 is 0 Å². The lowest BCUT2D eigenvalue weighted by Crippen LogP contribution is -2.28. The van der Waals surface area contributed by atoms with E-state index in [1.54, 1.807) is 13.8 Å². The van der Waals surface area contributed by atoms with Crippen LogP contribution in [0.3, 0.4) is 0 Å². The molecule has 0 unspecified atom stereocenters. The summed E-state index contributed by atoms with van der Waals surface area (Å²) in [5.41, 5.74) is 1.55. The van der Waals surface area contributed by atoms with E-state index in [-0.39, 0.29) is 18.1 Å². The highest BCUT2D eigenvalue weighted by Gasteiger charge is 2.22. The van der Waals surface area contributed by atoms with Crippen molar-refractivity contribution < 1.29 is 14.5 Å². The van der Waals surface area contributed by atoms with Crippen LogP contribution in [0.15, 0.2) is 24.3 Å². The highest BCUT2D eigenvalue weighted by molar-refractivity contribution is 5.75. The van der Waals surface area contributed by atoms with Crippen molar-refractivity contribution in [3.63, 3.8) is 0 Å². The molecule has 140 valence electrons. The lowest BCUT2D eigenvalue weighted by atomic mass is 10.2. The Hall–Kier alpha value is -2.90. The van der Waals surface area contributed by atoms with Gasteiger partial charge in [0.2, 0.25) is 5.91 Å². The Balaban J connectivity index is 1.92. The third-order valence-electron chi connectivity index (χ3n) is 3.97. The summed E-state index contributed by atoms with van der Waals surface area (Å²) in [6.07, 6.45) is 2.07. The van der Waals surface area contributed by atoms with E-state index in [1.807, 2.05) is 24.3 Å². The zero-order valence-electron chi connectivity index (χ0n) is 15.3. The van der Waals surface area contributed by atoms with Crippen LogP contribution < -0.4 is 10.1 Å². The Labute approximate surface area is 152 Å². The number of rotatable bonds is 9. The molecule has 0 atom stereocenters. The number of carbonyl (C=O) groups is 1. The molecular weight excluding hydrogens is 336 g/mol. The largest absolute Gasteiger partial charge is 0.494 e. The number of nitro groups is 1. The van der Waals surface area contributed by atoms with Gasteiger partial charge in [-0.1, -0.05) is 25.5 Å². The SMILES string of the molecule is CCCCOc1cccc(CNC(=O)Cn2nc(C)c([N+](=O)[O-])c2C)c1. The van der Waals surface area contributed by atoms with Gasteiger partial charge >= 0.3 is 5.69 Å². The van der Waals surface area contributed by atoms with Crippen molar-refractivity contribution in [1.82, 2.24) is 15.1 Å². The summed E-state index contributed by atoms with van der Waals surface area (Å²) in [6.45, 7) is 6.21. The van der Waals surface area contributed by atoms with Crippen molar-refractivity contribution in [2.45, 2.75) is 46.7 Å². The molecule has 8 heteroatoms. The van der Waals surface area contributed by atoms with E-state index in [2.05, 4.69) is 17.3 Å². The number of nitrogens with one attached hydrogen (secondary N) is 1. The van der Waals surface area contributed by atoms with Gasteiger partial charge in [0.25, 0.3) is 0 Å². The number of hydrogen-bond acceptors (Lipinski definition) is 5. The summed E-state index contributed by atoms with van der Waals surface area (Å²) in [5.74, 6) is 0.516. The number of aryl methyl sites for hydroxylation is 1. The molecule has 0 bridgehead atoms. The van der Waals surface area contributed by atoms with Gasteiger partial charge < -0.3 is 10.1 Å². The first-order valence-corrected chi connectivity index (χ1v) is 8.59. The maximum absolute atomic E-state index is 12.2. The standard InChI is InChI=1S/C18H24N4O4/c1-4-5-9-26-16-8-6-7-15(10-16)11-19-17(23)12-21-14(3)18(22(24)25)13(2)20-21/h6-8,10H,4-5,9,11-12H2,1-3H3,(H,19,23). The third kappa shape index (κ3) is 5.05. The molecule has 0 saturated carbocycles. The molecule has 2 rings (SSSR count). The lowest BCUT2D eigenvalue weighted by molar-refractivity contribution is -0.386. The van der Waals surface area contributed by atoms with Gasteiger partial charge in [0.05, 0.1) is 11.5 Å². The van der Waals surface area contributed by atoms with Gasteiger partial charge in [-0.3, -0.25) is 19.6 Å². The monoisotopic (exact) mass is 360 g/mol. The Bertz CT molecular complexity index is 785. The van der Waals surface area contributed by atoms with Gasteiger partial charge in [0.1, 0.15) is 23.7 Å². The number of amides is 1. The summed E-state index contributed by atoms with van der Waals surface area (Å²) in [4.78, 5) is 22.7. The minimum atomic E-state index is -0.476. The first-order valence-electron chi connectivity index (χ1n) is 8.59. The van der Waals surface area contributed by atoms with Crippen LogP contribution in [-0.4, -0.2) is 27.2 Å². The predicted octanol–water partition coefficient (Wildman–Crippen LogP) is 2.90. The molecule has 0 aliphatic heterocycles. The molecule has 0 saturated heterocycles. The van der Waals surface area contributed by atoms with Crippen molar-refractivity contribution in [3.05, 3.63) is 51.3 Å². The number of hydrogen-bond donors (Lipinski definition) is 1. The van der Waals surface area contributed by atoms with Crippen LogP contribution in [0.4, 0.5) is 5.69 Å². The third-order valence-corrected chi connectivity index (χ3v) is 3.97. The van der Waals surface area contributed by atoms with Gasteiger partial charge in [-0.25, -0.2) is 0 Å². The molecule has 0 aliphatic rings. The van der Waals surface area contributed by atoms with E-state index in [0.29, 0.717) is 24.5 Å². The minimum Gasteiger partial charge on any atom is -0.494 e. The molecule has 1 aromatic heterocycles. The fraction of sp³-hybridized carbons (Fsp3) is 0.444. The molecule has 8 nitrogen and oxygen atoms in total. The number of unbranched alkanes of at least 4 members (excludes halogenated alkanes) is 1. The van der Waals surface area contributed by atoms with E-state index in [0.717, 1.165) is 24.2 Å². The van der Waals surface area contributed by atoms with Crippen LogP contribution in [0, 0.1) is 24.0 Å². The van der Waals surface area contributed by atoms with Crippen molar-refractivity contribution in [3.8, 4) is 5.75 Å². The molecule has 26 heavy (non-hydrogen) atoms. The second-order valence-corrected chi connectivity index (χ2v) is 6.06. The molecular formula is C18H24N4O4. The number of ether oxygens (including phenoxy) is 1. The van der Waals surface area contributed by atoms with Gasteiger partial charge in [0, 0.05) is 6.54 Å². The first kappa shape index (κ1) is 19.4. The summed E-state index contributed by atoms with van der Waals surface area (Å²) < 4.78 is 7.01. The number of carbonyl (C=O) groups excluding carboxylic acids is 1. The second kappa shape index (κ2) is 8.98. The number of nitrogens with zero attached hydrogens (tertiary/aromatic N) is 3. The summed E-state index contributed by atoms with van der Waals surface area (Å²) in [6, 6.07) is 7.56. The second-order valence-electron chi connectivity index (χ2n) is 6.06. The maximum atomic E-state index is 12.2. The fourth-order valence-electron chi connectivity index (χ4n) is 2.58. The Morgan fingerprint density at radius 2 is 2.15 bits per heavy atom. The lowest BCUT2D eigenvalue weighted by Gasteiger charge is -2.09. The summed E-state index contributed by atoms with van der Waals surface area (Å²) >= 11 is 0. The zero-order valence-corrected chi connectivity index (χ0v) is 15.3. The highest BCUT2D eigenvalue weighted by atomic mass is 16.6. The first-order chi connectivity index (χ1) is 12.4. The summed E-state index contributed by atoms with van der Waals surface area (Å²) in [5, 5.41) is 17.9. The molecule has 0 aliphatic carbocycles. The zero-order chi connectivity index (χ0) is 19.1. The average molecular weight is 360 g/mol. The van der Waals surface area contributed by atoms with Gasteiger partial charge in [-0.05, 0) is 38.0 Å².